The molecule has 0 unspecified atom stereocenters. The molecule has 7 nitrogen and oxygen atoms in total. The Bertz CT molecular complexity index is 1600. The van der Waals surface area contributed by atoms with Crippen LogP contribution in [0.4, 0.5) is 15.1 Å². The third-order valence-corrected chi connectivity index (χ3v) is 8.53. The van der Waals surface area contributed by atoms with E-state index in [-0.39, 0.29) is 17.1 Å². The van der Waals surface area contributed by atoms with Crippen molar-refractivity contribution >= 4 is 45.7 Å². The zero-order valence-corrected chi connectivity index (χ0v) is 23.2. The Kier molecular flexibility index (Phi) is 8.07. The lowest BCUT2D eigenvalue weighted by molar-refractivity contribution is -0.115. The van der Waals surface area contributed by atoms with Crippen LogP contribution in [0.3, 0.4) is 0 Å². The third-order valence-electron chi connectivity index (χ3n) is 7.72. The zero-order chi connectivity index (χ0) is 28.2. The first kappa shape index (κ1) is 27.1. The molecule has 1 aliphatic heterocycles. The molecule has 2 N–H and O–H groups in total. The number of aromatic nitrogens is 2. The van der Waals surface area contributed by atoms with Crippen LogP contribution in [0.1, 0.15) is 42.5 Å². The van der Waals surface area contributed by atoms with Gasteiger partial charge in [-0.05, 0) is 72.2 Å². The van der Waals surface area contributed by atoms with E-state index in [1.807, 2.05) is 48.5 Å². The number of nitrogens with zero attached hydrogens (tertiary/aromatic N) is 3. The van der Waals surface area contributed by atoms with Crippen molar-refractivity contribution in [2.75, 3.05) is 4.90 Å². The van der Waals surface area contributed by atoms with Gasteiger partial charge >= 0.3 is 0 Å². The van der Waals surface area contributed by atoms with Crippen LogP contribution in [-0.4, -0.2) is 33.2 Å². The fourth-order valence-corrected chi connectivity index (χ4v) is 6.27. The highest BCUT2D eigenvalue weighted by molar-refractivity contribution is 8.18. The summed E-state index contributed by atoms with van der Waals surface area (Å²) in [5.74, 6) is 0.0116. The molecule has 1 saturated carbocycles. The van der Waals surface area contributed by atoms with Gasteiger partial charge in [-0.25, -0.2) is 14.4 Å². The molecule has 6 rings (SSSR count). The number of hydrogen-bond donors (Lipinski definition) is 2. The molecule has 2 fully saturated rings. The second-order valence-corrected chi connectivity index (χ2v) is 11.4. The van der Waals surface area contributed by atoms with E-state index in [2.05, 4.69) is 32.7 Å². The van der Waals surface area contributed by atoms with Gasteiger partial charge in [0, 0.05) is 36.8 Å². The van der Waals surface area contributed by atoms with Gasteiger partial charge in [-0.15, -0.1) is 0 Å². The minimum atomic E-state index is -0.402. The van der Waals surface area contributed by atoms with E-state index in [9.17, 15) is 14.0 Å². The number of fused-ring (bicyclic) bond motifs is 1. The molecule has 1 saturated heterocycles. The lowest BCUT2D eigenvalue weighted by Crippen LogP contribution is -2.43. The van der Waals surface area contributed by atoms with E-state index in [1.165, 1.54) is 5.56 Å². The minimum absolute atomic E-state index is 0.190. The Hall–Kier alpha value is -4.08. The average Bonchev–Trinajstić information content (AvgIpc) is 3.32. The van der Waals surface area contributed by atoms with E-state index in [4.69, 9.17) is 4.98 Å². The summed E-state index contributed by atoms with van der Waals surface area (Å²) >= 11 is 0.880. The molecule has 2 heterocycles. The van der Waals surface area contributed by atoms with Gasteiger partial charge in [0.05, 0.1) is 10.6 Å². The predicted molar refractivity (Wildman–Crippen MR) is 161 cm³/mol. The Labute approximate surface area is 242 Å². The molecule has 2 amide bonds. The second-order valence-electron chi connectivity index (χ2n) is 10.4. The molecule has 0 radical (unpaired) electrons. The molecule has 208 valence electrons. The van der Waals surface area contributed by atoms with Crippen LogP contribution < -0.4 is 15.5 Å². The van der Waals surface area contributed by atoms with E-state index >= 15 is 0 Å². The number of imide groups is 1. The third kappa shape index (κ3) is 6.31. The minimum Gasteiger partial charge on any atom is -0.333 e. The molecule has 3 aromatic carbocycles. The van der Waals surface area contributed by atoms with Crippen LogP contribution in [0.25, 0.3) is 16.8 Å². The molecule has 0 bridgehead atoms. The highest BCUT2D eigenvalue weighted by Gasteiger charge is 2.29. The van der Waals surface area contributed by atoms with Gasteiger partial charge < -0.3 is 10.2 Å². The van der Waals surface area contributed by atoms with Gasteiger partial charge in [-0.2, -0.15) is 0 Å². The number of carbonyl (C=O) groups is 2. The van der Waals surface area contributed by atoms with E-state index in [0.29, 0.717) is 41.1 Å². The van der Waals surface area contributed by atoms with E-state index in [1.54, 1.807) is 24.4 Å². The van der Waals surface area contributed by atoms with Crippen LogP contribution in [0, 0.1) is 5.82 Å². The van der Waals surface area contributed by atoms with E-state index < -0.39 is 5.91 Å². The van der Waals surface area contributed by atoms with Gasteiger partial charge in [-0.3, -0.25) is 14.9 Å². The normalized spacial score (nSPS) is 20.0. The van der Waals surface area contributed by atoms with Crippen molar-refractivity contribution in [2.24, 2.45) is 0 Å². The van der Waals surface area contributed by atoms with Gasteiger partial charge in [0.1, 0.15) is 5.82 Å². The first-order valence-corrected chi connectivity index (χ1v) is 14.6. The largest absolute Gasteiger partial charge is 0.333 e. The number of anilines is 1. The Morgan fingerprint density at radius 2 is 1.71 bits per heavy atom. The van der Waals surface area contributed by atoms with Crippen molar-refractivity contribution in [1.82, 2.24) is 20.6 Å². The SMILES string of the molecule is O=C1NC(=O)/C(=C/c2ccnc(N(Cc3ccccc3)C3CCC(NCc4ccc(F)c5ccccc45)CC3)n2)S1. The topological polar surface area (TPSA) is 87.2 Å². The highest BCUT2D eigenvalue weighted by atomic mass is 32.2. The number of carbonyl (C=O) groups excluding carboxylic acids is 2. The van der Waals surface area contributed by atoms with Crippen LogP contribution in [0.15, 0.2) is 83.9 Å². The molecule has 0 atom stereocenters. The summed E-state index contributed by atoms with van der Waals surface area (Å²) in [6, 6.07) is 23.7. The van der Waals surface area contributed by atoms with Crippen LogP contribution in [-0.2, 0) is 17.9 Å². The number of benzene rings is 3. The van der Waals surface area contributed by atoms with Crippen LogP contribution >= 0.6 is 11.8 Å². The summed E-state index contributed by atoms with van der Waals surface area (Å²) in [5.41, 5.74) is 2.85. The smallest absolute Gasteiger partial charge is 0.290 e. The summed E-state index contributed by atoms with van der Waals surface area (Å²) in [6.07, 6.45) is 7.27. The first-order chi connectivity index (χ1) is 20.0. The number of amides is 2. The van der Waals surface area contributed by atoms with Crippen molar-refractivity contribution < 1.29 is 14.0 Å². The number of thioether (sulfide) groups is 1. The Morgan fingerprint density at radius 3 is 2.46 bits per heavy atom. The van der Waals surface area contributed by atoms with Gasteiger partial charge in [0.2, 0.25) is 5.95 Å². The quantitative estimate of drug-likeness (QED) is 0.245. The molecular formula is C32H30FN5O2S. The maximum Gasteiger partial charge on any atom is 0.290 e. The van der Waals surface area contributed by atoms with Crippen molar-refractivity contribution in [3.63, 3.8) is 0 Å². The second kappa shape index (κ2) is 12.2. The summed E-state index contributed by atoms with van der Waals surface area (Å²) in [4.78, 5) is 35.6. The monoisotopic (exact) mass is 567 g/mol. The summed E-state index contributed by atoms with van der Waals surface area (Å²) in [6.45, 7) is 1.36. The predicted octanol–water partition coefficient (Wildman–Crippen LogP) is 6.20. The van der Waals surface area contributed by atoms with Crippen molar-refractivity contribution in [2.45, 2.75) is 50.9 Å². The lowest BCUT2D eigenvalue weighted by Gasteiger charge is -2.37. The standard InChI is InChI=1S/C32H30FN5O2S/c33-28-15-10-22(26-8-4-5-9-27(26)28)19-35-23-11-13-25(14-12-23)38(20-21-6-2-1-3-7-21)31-34-17-16-24(36-31)18-29-30(39)37-32(40)41-29/h1-10,15-18,23,25,35H,11-14,19-20H2,(H,37,39,40)/b29-18-. The van der Waals surface area contributed by atoms with Crippen LogP contribution in [0.5, 0.6) is 0 Å². The molecule has 41 heavy (non-hydrogen) atoms. The maximum absolute atomic E-state index is 14.3. The fourth-order valence-electron chi connectivity index (χ4n) is 5.60. The first-order valence-electron chi connectivity index (χ1n) is 13.8. The Morgan fingerprint density at radius 1 is 0.951 bits per heavy atom. The highest BCUT2D eigenvalue weighted by Crippen LogP contribution is 2.30. The molecular weight excluding hydrogens is 537 g/mol. The van der Waals surface area contributed by atoms with E-state index in [0.717, 1.165) is 48.4 Å². The number of rotatable bonds is 8. The van der Waals surface area contributed by atoms with Crippen molar-refractivity contribution in [3.8, 4) is 0 Å². The molecule has 2 aliphatic rings. The van der Waals surface area contributed by atoms with Gasteiger partial charge in [0.25, 0.3) is 11.1 Å². The summed E-state index contributed by atoms with van der Waals surface area (Å²) in [5, 5.41) is 7.23. The van der Waals surface area contributed by atoms with Crippen LogP contribution in [0.2, 0.25) is 0 Å². The molecule has 1 aliphatic carbocycles. The summed E-state index contributed by atoms with van der Waals surface area (Å²) < 4.78 is 14.3. The number of hydrogen-bond acceptors (Lipinski definition) is 7. The number of nitrogens with one attached hydrogen (secondary N) is 2. The Balaban J connectivity index is 1.16. The van der Waals surface area contributed by atoms with Gasteiger partial charge in [0.15, 0.2) is 0 Å². The van der Waals surface area contributed by atoms with Crippen molar-refractivity contribution in [3.05, 3.63) is 107 Å². The number of halogens is 1. The van der Waals surface area contributed by atoms with Gasteiger partial charge in [-0.1, -0.05) is 60.7 Å². The molecule has 9 heteroatoms. The lowest BCUT2D eigenvalue weighted by atomic mass is 9.89. The maximum atomic E-state index is 14.3. The molecule has 4 aromatic rings. The fraction of sp³-hybridized carbons (Fsp3) is 0.250. The molecule has 1 aromatic heterocycles. The van der Waals surface area contributed by atoms with Crippen molar-refractivity contribution in [1.29, 1.82) is 0 Å². The summed E-state index contributed by atoms with van der Waals surface area (Å²) in [7, 11) is 0. The molecule has 0 spiro atoms. The average molecular weight is 568 g/mol. The zero-order valence-electron chi connectivity index (χ0n) is 22.4.